The zero-order chi connectivity index (χ0) is 15.7. The Morgan fingerprint density at radius 1 is 1.40 bits per heavy atom. The molecular formula is C11H19NO8. The molecule has 0 aliphatic carbocycles. The minimum Gasteiger partial charge on any atom is -0.477 e. The third-order valence-corrected chi connectivity index (χ3v) is 3.12. The second-order valence-electron chi connectivity index (χ2n) is 4.90. The highest BCUT2D eigenvalue weighted by Crippen LogP contribution is 2.30. The van der Waals surface area contributed by atoms with Crippen LogP contribution in [0.5, 0.6) is 0 Å². The van der Waals surface area contributed by atoms with Crippen LogP contribution in [0, 0.1) is 0 Å². The van der Waals surface area contributed by atoms with E-state index in [1.54, 1.807) is 0 Å². The summed E-state index contributed by atoms with van der Waals surface area (Å²) in [6, 6.07) is -1.16. The zero-order valence-electron chi connectivity index (χ0n) is 11.1. The molecule has 6 atom stereocenters. The van der Waals surface area contributed by atoms with Gasteiger partial charge in [-0.15, -0.1) is 0 Å². The molecule has 1 amide bonds. The molecule has 6 N–H and O–H groups in total. The van der Waals surface area contributed by atoms with Crippen LogP contribution in [0.2, 0.25) is 0 Å². The summed E-state index contributed by atoms with van der Waals surface area (Å²) in [6.45, 7) is 2.39. The largest absolute Gasteiger partial charge is 0.477 e. The zero-order valence-corrected chi connectivity index (χ0v) is 11.1. The summed E-state index contributed by atoms with van der Waals surface area (Å²) in [6.07, 6.45) is -6.56. The molecule has 0 radical (unpaired) electrons. The van der Waals surface area contributed by atoms with Crippen LogP contribution in [0.1, 0.15) is 20.3 Å². The topological polar surface area (TPSA) is 157 Å². The van der Waals surface area contributed by atoms with Gasteiger partial charge >= 0.3 is 5.97 Å². The fourth-order valence-electron chi connectivity index (χ4n) is 2.08. The first kappa shape index (κ1) is 16.8. The van der Waals surface area contributed by atoms with Crippen molar-refractivity contribution in [1.29, 1.82) is 0 Å². The predicted octanol–water partition coefficient (Wildman–Crippen LogP) is -2.84. The van der Waals surface area contributed by atoms with Crippen LogP contribution in [0.15, 0.2) is 0 Å². The number of carboxylic acids is 1. The highest BCUT2D eigenvalue weighted by molar-refractivity contribution is 5.76. The molecule has 0 saturated carbocycles. The molecule has 0 aromatic heterocycles. The Bertz CT molecular complexity index is 387. The molecule has 1 rings (SSSR count). The van der Waals surface area contributed by atoms with Crippen molar-refractivity contribution in [2.75, 3.05) is 0 Å². The Labute approximate surface area is 114 Å². The molecule has 20 heavy (non-hydrogen) atoms. The highest BCUT2D eigenvalue weighted by atomic mass is 16.7. The molecule has 0 aromatic carbocycles. The molecule has 1 heterocycles. The van der Waals surface area contributed by atoms with Gasteiger partial charge in [0.15, 0.2) is 0 Å². The number of carbonyl (C=O) groups is 2. The van der Waals surface area contributed by atoms with Gasteiger partial charge < -0.3 is 35.6 Å². The first-order valence-corrected chi connectivity index (χ1v) is 6.03. The van der Waals surface area contributed by atoms with Gasteiger partial charge in [-0.2, -0.15) is 0 Å². The van der Waals surface area contributed by atoms with Crippen LogP contribution in [0.25, 0.3) is 0 Å². The van der Waals surface area contributed by atoms with Crippen molar-refractivity contribution in [1.82, 2.24) is 5.32 Å². The molecule has 1 fully saturated rings. The maximum absolute atomic E-state index is 11.1. The predicted molar refractivity (Wildman–Crippen MR) is 63.4 cm³/mol. The molecule has 1 saturated heterocycles. The molecular weight excluding hydrogens is 274 g/mol. The number of ether oxygens (including phenoxy) is 1. The molecule has 0 unspecified atom stereocenters. The van der Waals surface area contributed by atoms with E-state index in [9.17, 15) is 30.0 Å². The molecule has 1 aliphatic heterocycles. The molecule has 116 valence electrons. The van der Waals surface area contributed by atoms with E-state index in [1.165, 1.54) is 6.92 Å². The van der Waals surface area contributed by atoms with E-state index in [4.69, 9.17) is 9.84 Å². The van der Waals surface area contributed by atoms with E-state index in [1.807, 2.05) is 0 Å². The van der Waals surface area contributed by atoms with Crippen molar-refractivity contribution >= 4 is 11.9 Å². The lowest BCUT2D eigenvalue weighted by Gasteiger charge is -2.44. The van der Waals surface area contributed by atoms with Crippen molar-refractivity contribution in [3.05, 3.63) is 0 Å². The van der Waals surface area contributed by atoms with Crippen molar-refractivity contribution in [3.8, 4) is 0 Å². The van der Waals surface area contributed by atoms with Gasteiger partial charge in [-0.3, -0.25) is 4.79 Å². The summed E-state index contributed by atoms with van der Waals surface area (Å²) in [5.41, 5.74) is 0. The van der Waals surface area contributed by atoms with Gasteiger partial charge in [-0.25, -0.2) is 4.79 Å². The molecule has 9 heteroatoms. The number of aliphatic hydroxyl groups is 4. The lowest BCUT2D eigenvalue weighted by atomic mass is 9.89. The number of hydrogen-bond donors (Lipinski definition) is 6. The first-order valence-electron chi connectivity index (χ1n) is 6.03. The second kappa shape index (κ2) is 6.02. The Morgan fingerprint density at radius 3 is 2.35 bits per heavy atom. The Morgan fingerprint density at radius 2 is 1.95 bits per heavy atom. The standard InChI is InChI=1S/C11H19NO8/c1-4(13)8(16)9-7(12-5(2)14)6(15)3-11(19,20-9)10(17)18/h4,6-9,13,15-16,19H,3H2,1-2H3,(H,12,14)(H,17,18)/t4-,6-,7-,8+,9-,11-/m0/s1. The van der Waals surface area contributed by atoms with Crippen LogP contribution in [0.3, 0.4) is 0 Å². The quantitative estimate of drug-likeness (QED) is 0.323. The second-order valence-corrected chi connectivity index (χ2v) is 4.90. The van der Waals surface area contributed by atoms with Gasteiger partial charge in [-0.1, -0.05) is 0 Å². The summed E-state index contributed by atoms with van der Waals surface area (Å²) in [7, 11) is 0. The van der Waals surface area contributed by atoms with Gasteiger partial charge in [0.25, 0.3) is 5.79 Å². The van der Waals surface area contributed by atoms with Gasteiger partial charge in [-0.05, 0) is 6.92 Å². The number of carboxylic acid groups (broad SMARTS) is 1. The van der Waals surface area contributed by atoms with E-state index in [0.717, 1.165) is 6.92 Å². The number of nitrogens with one attached hydrogen (secondary N) is 1. The van der Waals surface area contributed by atoms with Crippen molar-refractivity contribution in [2.45, 2.75) is 56.5 Å². The first-order chi connectivity index (χ1) is 9.08. The lowest BCUT2D eigenvalue weighted by Crippen LogP contribution is -2.66. The number of hydrogen-bond acceptors (Lipinski definition) is 7. The van der Waals surface area contributed by atoms with E-state index in [2.05, 4.69) is 5.32 Å². The fraction of sp³-hybridized carbons (Fsp3) is 0.818. The van der Waals surface area contributed by atoms with Crippen LogP contribution in [-0.4, -0.2) is 73.7 Å². The Hall–Kier alpha value is -1.26. The molecule has 0 aromatic rings. The SMILES string of the molecule is CC(=O)N[C@@H]1[C@@H]([C@H](O)[C@H](C)O)O[C@](O)(C(=O)O)C[C@@H]1O. The number of rotatable bonds is 4. The van der Waals surface area contributed by atoms with Crippen molar-refractivity contribution in [2.24, 2.45) is 0 Å². The normalized spacial score (nSPS) is 37.0. The average molecular weight is 293 g/mol. The smallest absolute Gasteiger partial charge is 0.364 e. The summed E-state index contributed by atoms with van der Waals surface area (Å²) in [4.78, 5) is 22.1. The summed E-state index contributed by atoms with van der Waals surface area (Å²) in [5.74, 6) is -4.98. The van der Waals surface area contributed by atoms with Gasteiger partial charge in [0.05, 0.1) is 18.2 Å². The number of amides is 1. The maximum Gasteiger partial charge on any atom is 0.364 e. The average Bonchev–Trinajstić information content (AvgIpc) is 2.30. The van der Waals surface area contributed by atoms with Crippen LogP contribution in [0.4, 0.5) is 0 Å². The van der Waals surface area contributed by atoms with Crippen molar-refractivity contribution in [3.63, 3.8) is 0 Å². The molecule has 1 aliphatic rings. The molecule has 0 bridgehead atoms. The van der Waals surface area contributed by atoms with E-state index in [0.29, 0.717) is 0 Å². The summed E-state index contributed by atoms with van der Waals surface area (Å²) >= 11 is 0. The van der Waals surface area contributed by atoms with Gasteiger partial charge in [0.1, 0.15) is 12.2 Å². The minimum atomic E-state index is -2.70. The van der Waals surface area contributed by atoms with E-state index < -0.39 is 54.5 Å². The number of aliphatic carboxylic acids is 1. The summed E-state index contributed by atoms with van der Waals surface area (Å²) in [5, 5.41) is 50.1. The molecule has 9 nitrogen and oxygen atoms in total. The van der Waals surface area contributed by atoms with Crippen LogP contribution in [-0.2, 0) is 14.3 Å². The highest BCUT2D eigenvalue weighted by Gasteiger charge is 2.53. The van der Waals surface area contributed by atoms with E-state index >= 15 is 0 Å². The minimum absolute atomic E-state index is 0.541. The van der Waals surface area contributed by atoms with Crippen LogP contribution >= 0.6 is 0 Å². The van der Waals surface area contributed by atoms with Crippen LogP contribution < -0.4 is 5.32 Å². The third-order valence-electron chi connectivity index (χ3n) is 3.12. The lowest BCUT2D eigenvalue weighted by molar-refractivity contribution is -0.293. The van der Waals surface area contributed by atoms with Crippen molar-refractivity contribution < 1.29 is 39.9 Å². The monoisotopic (exact) mass is 293 g/mol. The maximum atomic E-state index is 11.1. The third kappa shape index (κ3) is 3.44. The van der Waals surface area contributed by atoms with Gasteiger partial charge in [0, 0.05) is 13.3 Å². The van der Waals surface area contributed by atoms with Gasteiger partial charge in [0.2, 0.25) is 5.91 Å². The Balaban J connectivity index is 3.06. The number of carbonyl (C=O) groups excluding carboxylic acids is 1. The van der Waals surface area contributed by atoms with E-state index in [-0.39, 0.29) is 0 Å². The Kier molecular flexibility index (Phi) is 5.05. The number of aliphatic hydroxyl groups excluding tert-OH is 3. The fourth-order valence-corrected chi connectivity index (χ4v) is 2.08. The summed E-state index contributed by atoms with van der Waals surface area (Å²) < 4.78 is 4.91. The molecule has 0 spiro atoms.